The smallest absolute Gasteiger partial charge is 0.119 e. The lowest BCUT2D eigenvalue weighted by atomic mass is 9.81. The van der Waals surface area contributed by atoms with Crippen molar-refractivity contribution >= 4 is 20.4 Å². The third-order valence-corrected chi connectivity index (χ3v) is 4.58. The third-order valence-electron chi connectivity index (χ3n) is 3.92. The highest BCUT2D eigenvalue weighted by Crippen LogP contribution is 2.52. The van der Waals surface area contributed by atoms with Crippen molar-refractivity contribution in [3.05, 3.63) is 35.4 Å². The number of halogens is 1. The lowest BCUT2D eigenvalue weighted by molar-refractivity contribution is 0.414. The van der Waals surface area contributed by atoms with Crippen molar-refractivity contribution in [2.24, 2.45) is 0 Å². The van der Waals surface area contributed by atoms with E-state index in [9.17, 15) is 0 Å². The van der Waals surface area contributed by atoms with Crippen LogP contribution < -0.4 is 4.74 Å². The summed E-state index contributed by atoms with van der Waals surface area (Å²) in [5.41, 5.74) is 3.12. The average Bonchev–Trinajstić information content (AvgIpc) is 2.87. The Morgan fingerprint density at radius 1 is 1.25 bits per heavy atom. The number of hydrogen-bond donors (Lipinski definition) is 0. The Bertz CT molecular complexity index is 456. The fourth-order valence-electron chi connectivity index (χ4n) is 3.10. The van der Waals surface area contributed by atoms with Gasteiger partial charge in [-0.3, -0.25) is 0 Å². The van der Waals surface area contributed by atoms with E-state index in [2.05, 4.69) is 40.2 Å². The van der Waals surface area contributed by atoms with Crippen LogP contribution in [0.1, 0.15) is 36.8 Å². The summed E-state index contributed by atoms with van der Waals surface area (Å²) in [6, 6.07) is 6.46. The molecule has 16 heavy (non-hydrogen) atoms. The van der Waals surface area contributed by atoms with Crippen LogP contribution in [0.5, 0.6) is 5.75 Å². The Morgan fingerprint density at radius 2 is 2.00 bits per heavy atom. The molecule has 84 valence electrons. The molecule has 0 heterocycles. The first-order chi connectivity index (χ1) is 7.75. The molecule has 0 amide bonds. The molecule has 0 radical (unpaired) electrons. The van der Waals surface area contributed by atoms with E-state index >= 15 is 0 Å². The van der Waals surface area contributed by atoms with Crippen LogP contribution in [0.3, 0.4) is 0 Å². The summed E-state index contributed by atoms with van der Waals surface area (Å²) in [6.07, 6.45) is 7.69. The van der Waals surface area contributed by atoms with Gasteiger partial charge in [-0.1, -0.05) is 40.9 Å². The van der Waals surface area contributed by atoms with Crippen molar-refractivity contribution in [1.82, 2.24) is 0 Å². The van der Waals surface area contributed by atoms with Gasteiger partial charge >= 0.3 is 0 Å². The fourth-order valence-corrected chi connectivity index (χ4v) is 3.87. The van der Waals surface area contributed by atoms with Crippen molar-refractivity contribution < 1.29 is 4.74 Å². The topological polar surface area (TPSA) is 9.23 Å². The molecule has 1 spiro atoms. The molecule has 0 atom stereocenters. The van der Waals surface area contributed by atoms with Crippen LogP contribution in [0.15, 0.2) is 24.3 Å². The highest BCUT2D eigenvalue weighted by Gasteiger charge is 2.39. The van der Waals surface area contributed by atoms with Gasteiger partial charge in [-0.25, -0.2) is 0 Å². The first-order valence-electron chi connectivity index (χ1n) is 5.82. The highest BCUT2D eigenvalue weighted by molar-refractivity contribution is 9.15. The monoisotopic (exact) mass is 278 g/mol. The van der Waals surface area contributed by atoms with E-state index in [1.54, 1.807) is 7.11 Å². The van der Waals surface area contributed by atoms with E-state index in [0.29, 0.717) is 5.41 Å². The van der Waals surface area contributed by atoms with Crippen molar-refractivity contribution in [3.63, 3.8) is 0 Å². The molecule has 1 fully saturated rings. The van der Waals surface area contributed by atoms with Gasteiger partial charge in [0.15, 0.2) is 0 Å². The molecule has 1 nitrogen and oxygen atoms in total. The minimum Gasteiger partial charge on any atom is -0.497 e. The number of ether oxygens (including phenoxy) is 1. The minimum absolute atomic E-state index is 0.320. The predicted molar refractivity (Wildman–Crippen MR) is 70.0 cm³/mol. The van der Waals surface area contributed by atoms with E-state index in [-0.39, 0.29) is 0 Å². The summed E-state index contributed by atoms with van der Waals surface area (Å²) in [4.78, 5) is 0. The van der Waals surface area contributed by atoms with Gasteiger partial charge in [0.1, 0.15) is 5.75 Å². The first-order valence-corrected chi connectivity index (χ1v) is 6.62. The quantitative estimate of drug-likeness (QED) is 0.746. The van der Waals surface area contributed by atoms with Gasteiger partial charge in [0, 0.05) is 9.90 Å². The van der Waals surface area contributed by atoms with Gasteiger partial charge in [0.2, 0.25) is 0 Å². The number of methoxy groups -OCH3 is 1. The number of fused-ring (bicyclic) bond motifs is 2. The summed E-state index contributed by atoms with van der Waals surface area (Å²) in [6.45, 7) is 0. The Morgan fingerprint density at radius 3 is 2.69 bits per heavy atom. The second-order valence-corrected chi connectivity index (χ2v) is 5.62. The van der Waals surface area contributed by atoms with Crippen molar-refractivity contribution in [2.75, 3.05) is 7.11 Å². The first kappa shape index (κ1) is 10.4. The van der Waals surface area contributed by atoms with Crippen LogP contribution in [-0.2, 0) is 5.41 Å². The molecule has 1 saturated carbocycles. The molecule has 1 aromatic rings. The molecule has 1 aromatic carbocycles. The summed E-state index contributed by atoms with van der Waals surface area (Å²) >= 11 is 3.69. The molecular formula is C14H15BrO. The van der Waals surface area contributed by atoms with E-state index in [1.807, 2.05) is 0 Å². The number of allylic oxidation sites excluding steroid dienone is 1. The van der Waals surface area contributed by atoms with Crippen molar-refractivity contribution in [3.8, 4) is 5.75 Å². The number of hydrogen-bond acceptors (Lipinski definition) is 1. The predicted octanol–water partition coefficient (Wildman–Crippen LogP) is 4.26. The Labute approximate surface area is 105 Å². The van der Waals surface area contributed by atoms with Crippen LogP contribution in [-0.4, -0.2) is 7.11 Å². The Balaban J connectivity index is 2.14. The van der Waals surface area contributed by atoms with E-state index < -0.39 is 0 Å². The lowest BCUT2D eigenvalue weighted by Gasteiger charge is -2.22. The zero-order valence-corrected chi connectivity index (χ0v) is 11.0. The zero-order valence-electron chi connectivity index (χ0n) is 9.42. The van der Waals surface area contributed by atoms with Gasteiger partial charge < -0.3 is 4.74 Å². The molecule has 2 heteroatoms. The van der Waals surface area contributed by atoms with Crippen molar-refractivity contribution in [2.45, 2.75) is 31.1 Å². The maximum atomic E-state index is 5.29. The number of rotatable bonds is 1. The highest BCUT2D eigenvalue weighted by atomic mass is 79.9. The Hall–Kier alpha value is -0.760. The lowest BCUT2D eigenvalue weighted by Crippen LogP contribution is -2.16. The summed E-state index contributed by atoms with van der Waals surface area (Å²) in [5, 5.41) is 0. The molecule has 2 aliphatic carbocycles. The molecule has 2 aliphatic rings. The fraction of sp³-hybridized carbons (Fsp3) is 0.429. The average molecular weight is 279 g/mol. The van der Waals surface area contributed by atoms with E-state index in [0.717, 1.165) is 5.75 Å². The second-order valence-electron chi connectivity index (χ2n) is 4.77. The number of benzene rings is 1. The second kappa shape index (κ2) is 3.63. The van der Waals surface area contributed by atoms with Gasteiger partial charge in [-0.05, 0) is 36.1 Å². The summed E-state index contributed by atoms with van der Waals surface area (Å²) in [5.74, 6) is 0.944. The zero-order chi connectivity index (χ0) is 11.2. The summed E-state index contributed by atoms with van der Waals surface area (Å²) < 4.78 is 6.53. The van der Waals surface area contributed by atoms with Gasteiger partial charge in [0.25, 0.3) is 0 Å². The standard InChI is InChI=1S/C14H15BrO/c1-16-10-4-5-12-11(8-10)13(15)9-14(12)6-2-3-7-14/h4-5,8-9H,2-3,6-7H2,1H3. The summed E-state index contributed by atoms with van der Waals surface area (Å²) in [7, 11) is 1.72. The normalized spacial score (nSPS) is 21.0. The largest absolute Gasteiger partial charge is 0.497 e. The molecule has 0 unspecified atom stereocenters. The molecule has 0 aliphatic heterocycles. The third kappa shape index (κ3) is 1.36. The molecule has 3 rings (SSSR count). The molecular weight excluding hydrogens is 264 g/mol. The van der Waals surface area contributed by atoms with Gasteiger partial charge in [-0.15, -0.1) is 0 Å². The van der Waals surface area contributed by atoms with Gasteiger partial charge in [0.05, 0.1) is 7.11 Å². The maximum absolute atomic E-state index is 5.29. The van der Waals surface area contributed by atoms with Crippen LogP contribution >= 0.6 is 15.9 Å². The maximum Gasteiger partial charge on any atom is 0.119 e. The molecule has 0 saturated heterocycles. The molecule has 0 N–H and O–H groups in total. The minimum atomic E-state index is 0.320. The van der Waals surface area contributed by atoms with Gasteiger partial charge in [-0.2, -0.15) is 0 Å². The van der Waals surface area contributed by atoms with Crippen LogP contribution in [0.2, 0.25) is 0 Å². The van der Waals surface area contributed by atoms with Crippen molar-refractivity contribution in [1.29, 1.82) is 0 Å². The van der Waals surface area contributed by atoms with E-state index in [4.69, 9.17) is 4.74 Å². The SMILES string of the molecule is COc1ccc2c(c1)C(Br)=CC21CCCC1. The van der Waals surface area contributed by atoms with Crippen LogP contribution in [0.25, 0.3) is 4.48 Å². The molecule has 0 aromatic heterocycles. The molecule has 0 bridgehead atoms. The van der Waals surface area contributed by atoms with E-state index in [1.165, 1.54) is 41.3 Å². The Kier molecular flexibility index (Phi) is 2.36. The van der Waals surface area contributed by atoms with Crippen LogP contribution in [0, 0.1) is 0 Å². The van der Waals surface area contributed by atoms with Crippen LogP contribution in [0.4, 0.5) is 0 Å².